The minimum atomic E-state index is 0.421. The van der Waals surface area contributed by atoms with Crippen LogP contribution in [0.3, 0.4) is 0 Å². The molecule has 0 heterocycles. The summed E-state index contributed by atoms with van der Waals surface area (Å²) in [6.07, 6.45) is 6.13. The van der Waals surface area contributed by atoms with Gasteiger partial charge < -0.3 is 9.47 Å². The first kappa shape index (κ1) is 13.2. The van der Waals surface area contributed by atoms with Gasteiger partial charge in [-0.05, 0) is 24.8 Å². The van der Waals surface area contributed by atoms with Crippen LogP contribution in [0.2, 0.25) is 0 Å². The van der Waals surface area contributed by atoms with Gasteiger partial charge in [0.05, 0.1) is 0 Å². The van der Waals surface area contributed by atoms with Crippen LogP contribution in [0.25, 0.3) is 0 Å². The van der Waals surface area contributed by atoms with Crippen LogP contribution >= 0.6 is 0 Å². The molecule has 1 aromatic rings. The highest BCUT2D eigenvalue weighted by molar-refractivity contribution is 5.14. The molecule has 1 aromatic carbocycles. The van der Waals surface area contributed by atoms with Gasteiger partial charge in [0.2, 0.25) is 0 Å². The molecule has 0 unspecified atom stereocenters. The van der Waals surface area contributed by atoms with Crippen molar-refractivity contribution < 1.29 is 9.47 Å². The molecule has 90 valence electrons. The second-order valence-electron chi connectivity index (χ2n) is 3.96. The molecule has 1 rings (SSSR count). The number of hydrogen-bond acceptors (Lipinski definition) is 2. The number of methoxy groups -OCH3 is 1. The quantitative estimate of drug-likeness (QED) is 0.471. The average molecular weight is 222 g/mol. The van der Waals surface area contributed by atoms with E-state index in [0.29, 0.717) is 6.79 Å². The SMILES string of the molecule is COCOCCCCCCc1ccccc1. The Kier molecular flexibility index (Phi) is 7.74. The lowest BCUT2D eigenvalue weighted by Crippen LogP contribution is -1.98. The van der Waals surface area contributed by atoms with E-state index in [9.17, 15) is 0 Å². The van der Waals surface area contributed by atoms with Crippen molar-refractivity contribution in [2.75, 3.05) is 20.5 Å². The lowest BCUT2D eigenvalue weighted by atomic mass is 10.1. The zero-order chi connectivity index (χ0) is 11.5. The van der Waals surface area contributed by atoms with Crippen LogP contribution in [0.4, 0.5) is 0 Å². The van der Waals surface area contributed by atoms with Gasteiger partial charge >= 0.3 is 0 Å². The molecule has 0 aromatic heterocycles. The van der Waals surface area contributed by atoms with Crippen molar-refractivity contribution in [1.29, 1.82) is 0 Å². The highest BCUT2D eigenvalue weighted by atomic mass is 16.7. The first-order chi connectivity index (χ1) is 7.93. The van der Waals surface area contributed by atoms with Crippen molar-refractivity contribution >= 4 is 0 Å². The summed E-state index contributed by atoms with van der Waals surface area (Å²) in [6.45, 7) is 1.24. The summed E-state index contributed by atoms with van der Waals surface area (Å²) in [6, 6.07) is 10.7. The molecule has 2 nitrogen and oxygen atoms in total. The zero-order valence-corrected chi connectivity index (χ0v) is 10.2. The number of benzene rings is 1. The molecule has 0 aliphatic rings. The number of aryl methyl sites for hydroxylation is 1. The second-order valence-corrected chi connectivity index (χ2v) is 3.96. The molecule has 0 spiro atoms. The molecule has 0 radical (unpaired) electrons. The monoisotopic (exact) mass is 222 g/mol. The summed E-state index contributed by atoms with van der Waals surface area (Å²) in [5.74, 6) is 0. The van der Waals surface area contributed by atoms with E-state index in [1.165, 1.54) is 31.2 Å². The van der Waals surface area contributed by atoms with Gasteiger partial charge in [-0.15, -0.1) is 0 Å². The molecule has 0 N–H and O–H groups in total. The van der Waals surface area contributed by atoms with Crippen molar-refractivity contribution in [3.8, 4) is 0 Å². The van der Waals surface area contributed by atoms with Crippen molar-refractivity contribution in [2.24, 2.45) is 0 Å². The molecule has 0 aliphatic carbocycles. The first-order valence-electron chi connectivity index (χ1n) is 6.04. The van der Waals surface area contributed by atoms with Crippen LogP contribution in [0.1, 0.15) is 31.2 Å². The molecule has 0 aliphatic heterocycles. The third-order valence-electron chi connectivity index (χ3n) is 2.55. The average Bonchev–Trinajstić information content (AvgIpc) is 2.34. The summed E-state index contributed by atoms with van der Waals surface area (Å²) < 4.78 is 10.0. The van der Waals surface area contributed by atoms with Gasteiger partial charge in [-0.2, -0.15) is 0 Å². The van der Waals surface area contributed by atoms with Crippen molar-refractivity contribution in [3.63, 3.8) is 0 Å². The Morgan fingerprint density at radius 2 is 1.69 bits per heavy atom. The third-order valence-corrected chi connectivity index (χ3v) is 2.55. The van der Waals surface area contributed by atoms with E-state index in [4.69, 9.17) is 9.47 Å². The molecule has 0 atom stereocenters. The molecule has 0 saturated carbocycles. The maximum Gasteiger partial charge on any atom is 0.146 e. The van der Waals surface area contributed by atoms with Crippen LogP contribution in [-0.4, -0.2) is 20.5 Å². The van der Waals surface area contributed by atoms with Gasteiger partial charge in [0, 0.05) is 13.7 Å². The normalized spacial score (nSPS) is 10.6. The van der Waals surface area contributed by atoms with E-state index < -0.39 is 0 Å². The van der Waals surface area contributed by atoms with Crippen molar-refractivity contribution in [3.05, 3.63) is 35.9 Å². The minimum Gasteiger partial charge on any atom is -0.359 e. The Bertz CT molecular complexity index is 246. The Balaban J connectivity index is 1.89. The maximum atomic E-state index is 5.23. The van der Waals surface area contributed by atoms with E-state index in [2.05, 4.69) is 30.3 Å². The Hall–Kier alpha value is -0.860. The van der Waals surface area contributed by atoms with Gasteiger partial charge in [0.25, 0.3) is 0 Å². The highest BCUT2D eigenvalue weighted by Crippen LogP contribution is 2.07. The van der Waals surface area contributed by atoms with Gasteiger partial charge in [0.1, 0.15) is 6.79 Å². The number of ether oxygens (including phenoxy) is 2. The summed E-state index contributed by atoms with van der Waals surface area (Å²) in [7, 11) is 1.65. The molecule has 0 amide bonds. The lowest BCUT2D eigenvalue weighted by Gasteiger charge is -2.03. The van der Waals surface area contributed by atoms with E-state index in [-0.39, 0.29) is 0 Å². The largest absolute Gasteiger partial charge is 0.359 e. The highest BCUT2D eigenvalue weighted by Gasteiger charge is 1.93. The smallest absolute Gasteiger partial charge is 0.146 e. The van der Waals surface area contributed by atoms with Gasteiger partial charge in [-0.1, -0.05) is 43.2 Å². The predicted molar refractivity (Wildman–Crippen MR) is 66.4 cm³/mol. The zero-order valence-electron chi connectivity index (χ0n) is 10.2. The lowest BCUT2D eigenvalue weighted by molar-refractivity contribution is -0.0315. The molecular formula is C14H22O2. The Labute approximate surface area is 98.6 Å². The molecule has 16 heavy (non-hydrogen) atoms. The van der Waals surface area contributed by atoms with Crippen molar-refractivity contribution in [1.82, 2.24) is 0 Å². The van der Waals surface area contributed by atoms with E-state index in [1.54, 1.807) is 7.11 Å². The molecular weight excluding hydrogens is 200 g/mol. The van der Waals surface area contributed by atoms with E-state index in [1.807, 2.05) is 0 Å². The fourth-order valence-electron chi connectivity index (χ4n) is 1.67. The first-order valence-corrected chi connectivity index (χ1v) is 6.04. The summed E-state index contributed by atoms with van der Waals surface area (Å²) in [5, 5.41) is 0. The molecule has 0 saturated heterocycles. The number of rotatable bonds is 9. The third kappa shape index (κ3) is 6.59. The standard InChI is InChI=1S/C14H22O2/c1-15-13-16-12-8-3-2-5-9-14-10-6-4-7-11-14/h4,6-7,10-11H,2-3,5,8-9,12-13H2,1H3. The number of unbranched alkanes of at least 4 members (excludes halogenated alkanes) is 3. The topological polar surface area (TPSA) is 18.5 Å². The van der Waals surface area contributed by atoms with Gasteiger partial charge in [-0.25, -0.2) is 0 Å². The van der Waals surface area contributed by atoms with Crippen LogP contribution in [0.15, 0.2) is 30.3 Å². The minimum absolute atomic E-state index is 0.421. The second kappa shape index (κ2) is 9.37. The van der Waals surface area contributed by atoms with Crippen molar-refractivity contribution in [2.45, 2.75) is 32.1 Å². The predicted octanol–water partition coefficient (Wildman–Crippen LogP) is 3.41. The summed E-state index contributed by atoms with van der Waals surface area (Å²) >= 11 is 0. The van der Waals surface area contributed by atoms with E-state index in [0.717, 1.165) is 13.0 Å². The maximum absolute atomic E-state index is 5.23. The van der Waals surface area contributed by atoms with Crippen LogP contribution in [0.5, 0.6) is 0 Å². The van der Waals surface area contributed by atoms with Crippen LogP contribution in [-0.2, 0) is 15.9 Å². The Morgan fingerprint density at radius 3 is 2.44 bits per heavy atom. The Morgan fingerprint density at radius 1 is 0.938 bits per heavy atom. The van der Waals surface area contributed by atoms with E-state index >= 15 is 0 Å². The molecule has 2 heteroatoms. The fourth-order valence-corrected chi connectivity index (χ4v) is 1.67. The fraction of sp³-hybridized carbons (Fsp3) is 0.571. The molecule has 0 bridgehead atoms. The number of hydrogen-bond donors (Lipinski definition) is 0. The van der Waals surface area contributed by atoms with Gasteiger partial charge in [0.15, 0.2) is 0 Å². The molecule has 0 fully saturated rings. The van der Waals surface area contributed by atoms with Gasteiger partial charge in [-0.3, -0.25) is 0 Å². The summed E-state index contributed by atoms with van der Waals surface area (Å²) in [5.41, 5.74) is 1.44. The summed E-state index contributed by atoms with van der Waals surface area (Å²) in [4.78, 5) is 0. The van der Waals surface area contributed by atoms with Crippen LogP contribution < -0.4 is 0 Å². The van der Waals surface area contributed by atoms with Crippen LogP contribution in [0, 0.1) is 0 Å².